The molecule has 2 aliphatic rings. The molecule has 3 atom stereocenters. The van der Waals surface area contributed by atoms with Crippen molar-refractivity contribution in [1.29, 1.82) is 0 Å². The normalized spacial score (nSPS) is 16.7. The van der Waals surface area contributed by atoms with Crippen LogP contribution in [0.25, 0.3) is 22.0 Å². The molecule has 514 valence electrons. The van der Waals surface area contributed by atoms with Gasteiger partial charge >= 0.3 is 12.1 Å². The zero-order chi connectivity index (χ0) is 66.8. The van der Waals surface area contributed by atoms with Gasteiger partial charge in [-0.2, -0.15) is 0 Å². The summed E-state index contributed by atoms with van der Waals surface area (Å²) in [6.45, 7) is 10.7. The smallest absolute Gasteiger partial charge is 0.407 e. The average Bonchev–Trinajstić information content (AvgIpc) is 1.63. The molecule has 2 heterocycles. The topological polar surface area (TPSA) is 249 Å². The van der Waals surface area contributed by atoms with Crippen molar-refractivity contribution in [1.82, 2.24) is 20.9 Å². The fraction of sp³-hybridized carbons (Fsp3) is 0.432. The van der Waals surface area contributed by atoms with Gasteiger partial charge < -0.3 is 87.3 Å². The molecule has 0 spiro atoms. The number of rotatable bonds is 16. The molecule has 4 bridgehead atoms. The number of aromatic amines is 1. The minimum atomic E-state index is -1.24. The highest BCUT2D eigenvalue weighted by atomic mass is 16.6. The van der Waals surface area contributed by atoms with E-state index in [4.69, 9.17) is 66.3 Å². The summed E-state index contributed by atoms with van der Waals surface area (Å²) >= 11 is 0. The first-order valence-corrected chi connectivity index (χ1v) is 33.0. The molecular formula is C74H90N4O18. The van der Waals surface area contributed by atoms with E-state index in [1.54, 1.807) is 24.4 Å². The number of amides is 3. The molecule has 0 radical (unpaired) electrons. The number of ether oxygens (including phenoxy) is 14. The van der Waals surface area contributed by atoms with Gasteiger partial charge in [0, 0.05) is 48.0 Å². The Balaban J connectivity index is 0.821. The lowest BCUT2D eigenvalue weighted by atomic mass is 9.98. The van der Waals surface area contributed by atoms with E-state index in [2.05, 4.69) is 33.1 Å². The first kappa shape index (κ1) is 71.7. The lowest BCUT2D eigenvalue weighted by Crippen LogP contribution is -2.57. The van der Waals surface area contributed by atoms with Gasteiger partial charge in [-0.05, 0) is 81.6 Å². The summed E-state index contributed by atoms with van der Waals surface area (Å²) in [5, 5.41) is 9.56. The Bertz CT molecular complexity index is 3360. The van der Waals surface area contributed by atoms with E-state index >= 15 is 0 Å². The molecule has 9 rings (SSSR count). The molecule has 4 N–H and O–H groups in total. The molecule has 1 aliphatic carbocycles. The third kappa shape index (κ3) is 24.0. The Kier molecular flexibility index (Phi) is 29.9. The molecule has 96 heavy (non-hydrogen) atoms. The number of H-pyrrole nitrogens is 1. The molecule has 1 aromatic heterocycles. The van der Waals surface area contributed by atoms with Crippen molar-refractivity contribution >= 4 is 34.8 Å². The molecule has 0 saturated carbocycles. The van der Waals surface area contributed by atoms with Crippen LogP contribution in [0, 0.1) is 5.92 Å². The molecule has 0 unspecified atom stereocenters. The summed E-state index contributed by atoms with van der Waals surface area (Å²) in [6, 6.07) is 42.1. The zero-order valence-electron chi connectivity index (χ0n) is 54.8. The van der Waals surface area contributed by atoms with E-state index in [0.717, 1.165) is 44.3 Å². The maximum absolute atomic E-state index is 14.9. The second kappa shape index (κ2) is 40.1. The van der Waals surface area contributed by atoms with Gasteiger partial charge in [0.15, 0.2) is 0 Å². The van der Waals surface area contributed by atoms with E-state index in [1.807, 2.05) is 129 Å². The second-order valence-corrected chi connectivity index (χ2v) is 23.2. The lowest BCUT2D eigenvalue weighted by Gasteiger charge is -2.26. The predicted octanol–water partition coefficient (Wildman–Crippen LogP) is 8.98. The van der Waals surface area contributed by atoms with Gasteiger partial charge in [-0.3, -0.25) is 9.59 Å². The van der Waals surface area contributed by atoms with Crippen LogP contribution in [-0.2, 0) is 81.2 Å². The number of hydrogen-bond acceptors (Lipinski definition) is 18. The number of alkyl carbamates (subject to hydrolysis) is 1. The molecule has 3 amide bonds. The van der Waals surface area contributed by atoms with Gasteiger partial charge in [0.05, 0.1) is 106 Å². The number of benzene rings is 6. The van der Waals surface area contributed by atoms with Crippen molar-refractivity contribution in [3.63, 3.8) is 0 Å². The van der Waals surface area contributed by atoms with Crippen LogP contribution < -0.4 is 34.9 Å². The number of para-hydroxylation sites is 1. The van der Waals surface area contributed by atoms with E-state index in [-0.39, 0.29) is 70.7 Å². The predicted molar refractivity (Wildman–Crippen MR) is 359 cm³/mol. The van der Waals surface area contributed by atoms with Gasteiger partial charge in [-0.15, -0.1) is 0 Å². The lowest BCUT2D eigenvalue weighted by molar-refractivity contribution is -0.149. The van der Waals surface area contributed by atoms with Crippen LogP contribution in [0.15, 0.2) is 152 Å². The zero-order valence-corrected chi connectivity index (χ0v) is 54.8. The molecule has 0 saturated heterocycles. The summed E-state index contributed by atoms with van der Waals surface area (Å²) in [5.74, 6) is 0.00918. The maximum Gasteiger partial charge on any atom is 0.407 e. The molecule has 1 aliphatic heterocycles. The van der Waals surface area contributed by atoms with Gasteiger partial charge in [-0.1, -0.05) is 117 Å². The van der Waals surface area contributed by atoms with Gasteiger partial charge in [0.25, 0.3) is 0 Å². The maximum atomic E-state index is 14.9. The first-order valence-electron chi connectivity index (χ1n) is 33.0. The first-order chi connectivity index (χ1) is 47.1. The van der Waals surface area contributed by atoms with E-state index in [1.165, 1.54) is 0 Å². The van der Waals surface area contributed by atoms with Crippen molar-refractivity contribution in [2.45, 2.75) is 63.8 Å². The minimum Gasteiger partial charge on any atom is -0.491 e. The Morgan fingerprint density at radius 1 is 0.438 bits per heavy atom. The van der Waals surface area contributed by atoms with Crippen molar-refractivity contribution < 1.29 is 85.5 Å². The van der Waals surface area contributed by atoms with Crippen LogP contribution in [0.2, 0.25) is 0 Å². The van der Waals surface area contributed by atoms with E-state index < -0.39 is 42.0 Å². The van der Waals surface area contributed by atoms with Gasteiger partial charge in [0.1, 0.15) is 80.8 Å². The number of esters is 1. The largest absolute Gasteiger partial charge is 0.491 e. The van der Waals surface area contributed by atoms with Gasteiger partial charge in [-0.25, -0.2) is 9.59 Å². The summed E-state index contributed by atoms with van der Waals surface area (Å²) in [7, 11) is 0. The van der Waals surface area contributed by atoms with Crippen molar-refractivity contribution in [2.24, 2.45) is 5.92 Å². The summed E-state index contributed by atoms with van der Waals surface area (Å²) in [6.07, 6.45) is 1.36. The monoisotopic (exact) mass is 1320 g/mol. The van der Waals surface area contributed by atoms with Gasteiger partial charge in [0.2, 0.25) is 11.8 Å². The van der Waals surface area contributed by atoms with Crippen molar-refractivity contribution in [3.05, 3.63) is 180 Å². The molecular weight excluding hydrogens is 1230 g/mol. The highest BCUT2D eigenvalue weighted by Crippen LogP contribution is 2.44. The quantitative estimate of drug-likeness (QED) is 0.0659. The summed E-state index contributed by atoms with van der Waals surface area (Å²) in [5.41, 5.74) is 7.14. The van der Waals surface area contributed by atoms with Crippen LogP contribution in [0.4, 0.5) is 4.79 Å². The Morgan fingerprint density at radius 2 is 0.885 bits per heavy atom. The van der Waals surface area contributed by atoms with E-state index in [9.17, 15) is 19.2 Å². The molecule has 22 heteroatoms. The average molecular weight is 1320 g/mol. The van der Waals surface area contributed by atoms with Crippen LogP contribution >= 0.6 is 0 Å². The number of aromatic nitrogens is 1. The number of carbonyl (C=O) groups excluding carboxylic acids is 4. The van der Waals surface area contributed by atoms with Crippen molar-refractivity contribution in [3.8, 4) is 34.1 Å². The fourth-order valence-electron chi connectivity index (χ4n) is 11.0. The van der Waals surface area contributed by atoms with Crippen LogP contribution in [0.5, 0.6) is 23.0 Å². The van der Waals surface area contributed by atoms with Crippen molar-refractivity contribution in [2.75, 3.05) is 139 Å². The standard InChI is InChI=1S/C74H90N4O18/c1-53(2)43-68(78-74(82)96-52-66-64-20-8-6-18-62(64)63-19-7-9-21-65(63)66)71(79)76-69(46-54-13-4-3-5-14-54)72(80)77-70(47-56-50-75-67-22-11-10-17-61(56)67)73(81)95-51-55-44-59-49-60(45-55)94-42-38-90-34-30-86-26-24-84-28-32-88-36-40-92-58-16-12-15-57(48-58)91-39-35-87-31-27-83-23-25-85-29-33-89-37-41-93-59/h3-22,44-45,48-50,53,66,68-70,75H,23-43,46-47,51-52H2,1-2H3,(H,76,79)(H,77,80)(H,78,82)/t68-,69-,70-/m0/s1. The fourth-order valence-corrected chi connectivity index (χ4v) is 11.0. The third-order valence-electron chi connectivity index (χ3n) is 15.6. The SMILES string of the molecule is CC(C)C[C@H](NC(=O)OCC1c2ccccc2-c2ccccc21)C(=O)N[C@@H](Cc1ccccc1)C(=O)N[C@@H](Cc1c[nH]c2ccccc12)C(=O)OCc1cc2cc(c1)OCCOCCOCCOCCOCCOc1cccc(c1)OCCOCCOCCOCCOCCO2. The number of nitrogens with one attached hydrogen (secondary N) is 4. The Labute approximate surface area is 561 Å². The minimum absolute atomic E-state index is 0.0312. The van der Waals surface area contributed by atoms with Crippen LogP contribution in [0.1, 0.15) is 54.0 Å². The molecule has 22 nitrogen and oxygen atoms in total. The molecule has 0 fully saturated rings. The highest BCUT2D eigenvalue weighted by Gasteiger charge is 2.34. The highest BCUT2D eigenvalue weighted by molar-refractivity contribution is 5.94. The molecule has 7 aromatic rings. The summed E-state index contributed by atoms with van der Waals surface area (Å²) in [4.78, 5) is 61.1. The van der Waals surface area contributed by atoms with E-state index in [0.29, 0.717) is 134 Å². The second-order valence-electron chi connectivity index (χ2n) is 23.2. The Hall–Kier alpha value is -8.58. The number of hydrogen-bond donors (Lipinski definition) is 4. The third-order valence-corrected chi connectivity index (χ3v) is 15.6. The number of fused-ring (bicyclic) bond motifs is 8. The van der Waals surface area contributed by atoms with Crippen LogP contribution in [-0.4, -0.2) is 186 Å². The molecule has 6 aromatic carbocycles. The summed E-state index contributed by atoms with van der Waals surface area (Å²) < 4.78 is 81.6. The Morgan fingerprint density at radius 3 is 1.42 bits per heavy atom. The van der Waals surface area contributed by atoms with Crippen LogP contribution in [0.3, 0.4) is 0 Å². The number of carbonyl (C=O) groups is 4.